The highest BCUT2D eigenvalue weighted by Crippen LogP contribution is 2.26. The van der Waals surface area contributed by atoms with Crippen molar-refractivity contribution in [1.82, 2.24) is 25.4 Å². The highest BCUT2D eigenvalue weighted by Gasteiger charge is 2.19. The highest BCUT2D eigenvalue weighted by molar-refractivity contribution is 7.99. The van der Waals surface area contributed by atoms with E-state index in [-0.39, 0.29) is 17.6 Å². The first-order valence-electron chi connectivity index (χ1n) is 9.63. The molecule has 0 fully saturated rings. The van der Waals surface area contributed by atoms with Gasteiger partial charge in [0.15, 0.2) is 11.0 Å². The minimum absolute atomic E-state index is 0.155. The van der Waals surface area contributed by atoms with Gasteiger partial charge >= 0.3 is 0 Å². The topological polar surface area (TPSA) is 98.1 Å². The summed E-state index contributed by atoms with van der Waals surface area (Å²) in [7, 11) is 1.63. The summed E-state index contributed by atoms with van der Waals surface area (Å²) < 4.78 is 7.24. The maximum absolute atomic E-state index is 12.2. The van der Waals surface area contributed by atoms with Crippen LogP contribution in [0.5, 0.6) is 5.75 Å². The molecule has 8 nitrogen and oxygen atoms in total. The lowest BCUT2D eigenvalue weighted by Crippen LogP contribution is -2.45. The molecule has 1 heterocycles. The van der Waals surface area contributed by atoms with Crippen molar-refractivity contribution < 1.29 is 14.3 Å². The Labute approximate surface area is 175 Å². The Balaban J connectivity index is 2.11. The Morgan fingerprint density at radius 3 is 2.45 bits per heavy atom. The fourth-order valence-electron chi connectivity index (χ4n) is 2.68. The van der Waals surface area contributed by atoms with Gasteiger partial charge in [-0.15, -0.1) is 10.2 Å². The van der Waals surface area contributed by atoms with Crippen molar-refractivity contribution in [3.8, 4) is 17.1 Å². The van der Waals surface area contributed by atoms with Crippen LogP contribution in [0.4, 0.5) is 0 Å². The van der Waals surface area contributed by atoms with E-state index < -0.39 is 6.04 Å². The number of benzene rings is 1. The van der Waals surface area contributed by atoms with Gasteiger partial charge < -0.3 is 19.9 Å². The van der Waals surface area contributed by atoms with Gasteiger partial charge in [-0.1, -0.05) is 25.6 Å². The molecule has 1 atom stereocenters. The second kappa shape index (κ2) is 10.8. The zero-order chi connectivity index (χ0) is 21.4. The first kappa shape index (κ1) is 22.7. The van der Waals surface area contributed by atoms with Gasteiger partial charge in [-0.05, 0) is 44.0 Å². The minimum atomic E-state index is -0.577. The molecule has 2 aromatic rings. The van der Waals surface area contributed by atoms with E-state index in [1.807, 2.05) is 35.8 Å². The third-order valence-corrected chi connectivity index (χ3v) is 5.03. The Kier molecular flexibility index (Phi) is 8.50. The van der Waals surface area contributed by atoms with Gasteiger partial charge in [0.1, 0.15) is 11.8 Å². The molecule has 0 aliphatic rings. The number of ether oxygens (including phenoxy) is 1. The number of thioether (sulfide) groups is 1. The van der Waals surface area contributed by atoms with Crippen LogP contribution in [0.3, 0.4) is 0 Å². The molecular formula is C20H29N5O3S. The van der Waals surface area contributed by atoms with Gasteiger partial charge in [0.25, 0.3) is 0 Å². The maximum atomic E-state index is 12.2. The summed E-state index contributed by atoms with van der Waals surface area (Å²) in [6.45, 7) is 8.99. The van der Waals surface area contributed by atoms with Crippen molar-refractivity contribution >= 4 is 23.6 Å². The number of carbonyl (C=O) groups excluding carboxylic acids is 2. The van der Waals surface area contributed by atoms with Crippen molar-refractivity contribution in [1.29, 1.82) is 0 Å². The largest absolute Gasteiger partial charge is 0.497 e. The Morgan fingerprint density at radius 2 is 1.86 bits per heavy atom. The van der Waals surface area contributed by atoms with Crippen LogP contribution >= 0.6 is 11.8 Å². The van der Waals surface area contributed by atoms with Crippen molar-refractivity contribution in [2.75, 3.05) is 19.4 Å². The van der Waals surface area contributed by atoms with E-state index in [0.29, 0.717) is 17.6 Å². The summed E-state index contributed by atoms with van der Waals surface area (Å²) in [4.78, 5) is 24.0. The number of rotatable bonds is 10. The van der Waals surface area contributed by atoms with Crippen LogP contribution in [0.2, 0.25) is 0 Å². The van der Waals surface area contributed by atoms with Gasteiger partial charge in [-0.25, -0.2) is 0 Å². The molecule has 1 aromatic carbocycles. The van der Waals surface area contributed by atoms with E-state index in [9.17, 15) is 9.59 Å². The average Bonchev–Trinajstić information content (AvgIpc) is 3.08. The Hall–Kier alpha value is -2.55. The molecule has 0 bridgehead atoms. The molecule has 158 valence electrons. The van der Waals surface area contributed by atoms with E-state index >= 15 is 0 Å². The summed E-state index contributed by atoms with van der Waals surface area (Å²) in [5, 5.41) is 14.7. The van der Waals surface area contributed by atoms with E-state index in [1.54, 1.807) is 14.0 Å². The van der Waals surface area contributed by atoms with Crippen LogP contribution in [-0.4, -0.2) is 52.0 Å². The van der Waals surface area contributed by atoms with Crippen molar-refractivity contribution in [3.63, 3.8) is 0 Å². The second-order valence-corrected chi connectivity index (χ2v) is 7.95. The molecule has 0 aliphatic heterocycles. The molecule has 0 radical (unpaired) electrons. The zero-order valence-corrected chi connectivity index (χ0v) is 18.4. The van der Waals surface area contributed by atoms with Crippen LogP contribution in [0.1, 0.15) is 27.7 Å². The molecular weight excluding hydrogens is 390 g/mol. The summed E-state index contributed by atoms with van der Waals surface area (Å²) in [5.41, 5.74) is 0.931. The monoisotopic (exact) mass is 419 g/mol. The summed E-state index contributed by atoms with van der Waals surface area (Å²) in [6.07, 6.45) is 0. The number of nitrogens with one attached hydrogen (secondary N) is 2. The molecule has 1 aromatic heterocycles. The predicted octanol–water partition coefficient (Wildman–Crippen LogP) is 2.34. The molecule has 2 N–H and O–H groups in total. The number of hydrogen-bond donors (Lipinski definition) is 2. The normalized spacial score (nSPS) is 11.9. The SMILES string of the molecule is CCNC(=O)[C@H](C)NC(=O)CSc1nnc(-c2ccc(OC)cc2)n1CC(C)C. The summed E-state index contributed by atoms with van der Waals surface area (Å²) >= 11 is 1.31. The Bertz CT molecular complexity index is 820. The minimum Gasteiger partial charge on any atom is -0.497 e. The van der Waals surface area contributed by atoms with Gasteiger partial charge in [0.05, 0.1) is 12.9 Å². The molecule has 0 unspecified atom stereocenters. The summed E-state index contributed by atoms with van der Waals surface area (Å²) in [5.74, 6) is 1.64. The van der Waals surface area contributed by atoms with Crippen LogP contribution in [0, 0.1) is 5.92 Å². The number of hydrogen-bond acceptors (Lipinski definition) is 6. The van der Waals surface area contributed by atoms with Crippen LogP contribution < -0.4 is 15.4 Å². The molecule has 2 amide bonds. The number of nitrogens with zero attached hydrogens (tertiary/aromatic N) is 3. The number of likely N-dealkylation sites (N-methyl/N-ethyl adjacent to an activating group) is 1. The van der Waals surface area contributed by atoms with Crippen molar-refractivity contribution in [2.45, 2.75) is 45.4 Å². The van der Waals surface area contributed by atoms with Gasteiger partial charge in [-0.3, -0.25) is 9.59 Å². The van der Waals surface area contributed by atoms with E-state index in [2.05, 4.69) is 34.7 Å². The standard InChI is InChI=1S/C20H29N5O3S/c1-6-21-19(27)14(4)22-17(26)12-29-20-24-23-18(25(20)11-13(2)3)15-7-9-16(28-5)10-8-15/h7-10,13-14H,6,11-12H2,1-5H3,(H,21,27)(H,22,26)/t14-/m0/s1. The number of aromatic nitrogens is 3. The lowest BCUT2D eigenvalue weighted by atomic mass is 10.2. The molecule has 0 spiro atoms. The maximum Gasteiger partial charge on any atom is 0.242 e. The highest BCUT2D eigenvalue weighted by atomic mass is 32.2. The fourth-order valence-corrected chi connectivity index (χ4v) is 3.44. The molecule has 0 aliphatic carbocycles. The van der Waals surface area contributed by atoms with Crippen LogP contribution in [-0.2, 0) is 16.1 Å². The lowest BCUT2D eigenvalue weighted by molar-refractivity contribution is -0.127. The number of amides is 2. The van der Waals surface area contributed by atoms with Gasteiger partial charge in [-0.2, -0.15) is 0 Å². The molecule has 9 heteroatoms. The first-order valence-corrected chi connectivity index (χ1v) is 10.6. The van der Waals surface area contributed by atoms with E-state index in [0.717, 1.165) is 23.7 Å². The molecule has 0 saturated carbocycles. The van der Waals surface area contributed by atoms with E-state index in [4.69, 9.17) is 4.74 Å². The quantitative estimate of drug-likeness (QED) is 0.574. The Morgan fingerprint density at radius 1 is 1.17 bits per heavy atom. The molecule has 2 rings (SSSR count). The fraction of sp³-hybridized carbons (Fsp3) is 0.500. The smallest absolute Gasteiger partial charge is 0.242 e. The van der Waals surface area contributed by atoms with Crippen LogP contribution in [0.15, 0.2) is 29.4 Å². The van der Waals surface area contributed by atoms with E-state index in [1.165, 1.54) is 11.8 Å². The third kappa shape index (κ3) is 6.49. The van der Waals surface area contributed by atoms with Gasteiger partial charge in [0, 0.05) is 18.7 Å². The zero-order valence-electron chi connectivity index (χ0n) is 17.6. The first-order chi connectivity index (χ1) is 13.8. The average molecular weight is 420 g/mol. The van der Waals surface area contributed by atoms with Crippen molar-refractivity contribution in [2.24, 2.45) is 5.92 Å². The number of methoxy groups -OCH3 is 1. The van der Waals surface area contributed by atoms with Crippen molar-refractivity contribution in [3.05, 3.63) is 24.3 Å². The lowest BCUT2D eigenvalue weighted by Gasteiger charge is -2.14. The van der Waals surface area contributed by atoms with Gasteiger partial charge in [0.2, 0.25) is 11.8 Å². The summed E-state index contributed by atoms with van der Waals surface area (Å²) in [6, 6.07) is 7.06. The van der Waals surface area contributed by atoms with Crippen LogP contribution in [0.25, 0.3) is 11.4 Å². The number of carbonyl (C=O) groups is 2. The molecule has 29 heavy (non-hydrogen) atoms. The molecule has 0 saturated heterocycles. The third-order valence-electron chi connectivity index (χ3n) is 4.07. The predicted molar refractivity (Wildman–Crippen MR) is 114 cm³/mol. The second-order valence-electron chi connectivity index (χ2n) is 7.01.